The summed E-state index contributed by atoms with van der Waals surface area (Å²) in [6.45, 7) is 2.85. The molecule has 6 heteroatoms. The third-order valence-corrected chi connectivity index (χ3v) is 5.98. The van der Waals surface area contributed by atoms with Crippen molar-refractivity contribution in [1.29, 1.82) is 0 Å². The summed E-state index contributed by atoms with van der Waals surface area (Å²) in [5.41, 5.74) is 1.41. The average Bonchev–Trinajstić information content (AvgIpc) is 2.50. The number of anilines is 1. The number of nitrogens with zero attached hydrogens (tertiary/aromatic N) is 2. The molecule has 0 unspecified atom stereocenters. The van der Waals surface area contributed by atoms with E-state index in [4.69, 9.17) is 0 Å². The molecule has 124 valence electrons. The lowest BCUT2D eigenvalue weighted by atomic mass is 10.2. The van der Waals surface area contributed by atoms with Crippen molar-refractivity contribution in [3.63, 3.8) is 0 Å². The highest BCUT2D eigenvalue weighted by atomic mass is 79.9. The lowest BCUT2D eigenvalue weighted by Crippen LogP contribution is -2.37. The van der Waals surface area contributed by atoms with Gasteiger partial charge < -0.3 is 4.90 Å². The van der Waals surface area contributed by atoms with Gasteiger partial charge >= 0.3 is 0 Å². The first-order chi connectivity index (χ1) is 10.8. The molecule has 0 atom stereocenters. The smallest absolute Gasteiger partial charge is 0.264 e. The molecular formula is C17H21BrN2O2S. The zero-order valence-electron chi connectivity index (χ0n) is 13.5. The second-order valence-electron chi connectivity index (χ2n) is 5.63. The largest absolute Gasteiger partial charge is 0.308 e. The van der Waals surface area contributed by atoms with Crippen molar-refractivity contribution in [1.82, 2.24) is 4.90 Å². The lowest BCUT2D eigenvalue weighted by Gasteiger charge is -2.26. The van der Waals surface area contributed by atoms with E-state index in [1.807, 2.05) is 68.4 Å². The number of hydrogen-bond donors (Lipinski definition) is 0. The Labute approximate surface area is 146 Å². The van der Waals surface area contributed by atoms with Crippen LogP contribution in [0, 0.1) is 6.92 Å². The van der Waals surface area contributed by atoms with Crippen molar-refractivity contribution in [3.8, 4) is 0 Å². The summed E-state index contributed by atoms with van der Waals surface area (Å²) in [7, 11) is 0.235. The quantitative estimate of drug-likeness (QED) is 0.749. The fourth-order valence-corrected chi connectivity index (χ4v) is 4.47. The SMILES string of the molecule is Cc1ccc(Br)cc1S(=O)(=O)N(CCN(C)C)c1ccccc1. The van der Waals surface area contributed by atoms with Gasteiger partial charge in [0.05, 0.1) is 10.6 Å². The van der Waals surface area contributed by atoms with Crippen LogP contribution in [0.1, 0.15) is 5.56 Å². The van der Waals surface area contributed by atoms with E-state index < -0.39 is 10.0 Å². The summed E-state index contributed by atoms with van der Waals surface area (Å²) >= 11 is 3.37. The van der Waals surface area contributed by atoms with Crippen molar-refractivity contribution in [3.05, 3.63) is 58.6 Å². The third kappa shape index (κ3) is 4.34. The highest BCUT2D eigenvalue weighted by Gasteiger charge is 2.26. The van der Waals surface area contributed by atoms with Crippen LogP contribution in [-0.2, 0) is 10.0 Å². The molecule has 2 aromatic carbocycles. The van der Waals surface area contributed by atoms with Gasteiger partial charge in [-0.05, 0) is 50.8 Å². The molecule has 0 N–H and O–H groups in total. The van der Waals surface area contributed by atoms with Gasteiger partial charge in [0.1, 0.15) is 0 Å². The molecule has 0 spiro atoms. The third-order valence-electron chi connectivity index (χ3n) is 3.51. The van der Waals surface area contributed by atoms with Gasteiger partial charge in [0.15, 0.2) is 0 Å². The predicted octanol–water partition coefficient (Wildman–Crippen LogP) is 3.51. The van der Waals surface area contributed by atoms with Crippen molar-refractivity contribution < 1.29 is 8.42 Å². The number of hydrogen-bond acceptors (Lipinski definition) is 3. The van der Waals surface area contributed by atoms with Gasteiger partial charge in [-0.1, -0.05) is 40.2 Å². The molecule has 0 saturated carbocycles. The predicted molar refractivity (Wildman–Crippen MR) is 98.4 cm³/mol. The van der Waals surface area contributed by atoms with Crippen LogP contribution in [0.3, 0.4) is 0 Å². The number of benzene rings is 2. The highest BCUT2D eigenvalue weighted by Crippen LogP contribution is 2.27. The van der Waals surface area contributed by atoms with Crippen molar-refractivity contribution in [2.75, 3.05) is 31.5 Å². The zero-order valence-corrected chi connectivity index (χ0v) is 15.9. The second-order valence-corrected chi connectivity index (χ2v) is 8.37. The summed E-state index contributed by atoms with van der Waals surface area (Å²) in [6, 6.07) is 14.5. The lowest BCUT2D eigenvalue weighted by molar-refractivity contribution is 0.419. The summed E-state index contributed by atoms with van der Waals surface area (Å²) in [6.07, 6.45) is 0. The van der Waals surface area contributed by atoms with Gasteiger partial charge in [0, 0.05) is 17.6 Å². The molecule has 4 nitrogen and oxygen atoms in total. The Bertz CT molecular complexity index is 761. The van der Waals surface area contributed by atoms with E-state index in [0.29, 0.717) is 23.7 Å². The number of rotatable bonds is 6. The molecule has 0 amide bonds. The topological polar surface area (TPSA) is 40.6 Å². The zero-order chi connectivity index (χ0) is 17.0. The Morgan fingerprint density at radius 1 is 1.00 bits per heavy atom. The van der Waals surface area contributed by atoms with Crippen molar-refractivity contribution in [2.24, 2.45) is 0 Å². The van der Waals surface area contributed by atoms with Crippen molar-refractivity contribution in [2.45, 2.75) is 11.8 Å². The average molecular weight is 397 g/mol. The van der Waals surface area contributed by atoms with Crippen molar-refractivity contribution >= 4 is 31.6 Å². The van der Waals surface area contributed by atoms with E-state index in [0.717, 1.165) is 10.0 Å². The maximum Gasteiger partial charge on any atom is 0.264 e. The maximum absolute atomic E-state index is 13.2. The molecule has 0 fully saturated rings. The molecule has 2 aromatic rings. The van der Waals surface area contributed by atoms with Crippen LogP contribution in [0.2, 0.25) is 0 Å². The first kappa shape index (κ1) is 18.0. The molecule has 0 radical (unpaired) electrons. The van der Waals surface area contributed by atoms with E-state index in [1.165, 1.54) is 4.31 Å². The van der Waals surface area contributed by atoms with Crippen LogP contribution in [0.5, 0.6) is 0 Å². The molecule has 0 heterocycles. The van der Waals surface area contributed by atoms with Crippen LogP contribution in [0.4, 0.5) is 5.69 Å². The molecule has 0 aromatic heterocycles. The molecule has 2 rings (SSSR count). The molecule has 23 heavy (non-hydrogen) atoms. The van der Waals surface area contributed by atoms with Crippen LogP contribution >= 0.6 is 15.9 Å². The van der Waals surface area contributed by atoms with Gasteiger partial charge in [-0.25, -0.2) is 8.42 Å². The normalized spacial score (nSPS) is 11.7. The summed E-state index contributed by atoms with van der Waals surface area (Å²) in [4.78, 5) is 2.30. The minimum Gasteiger partial charge on any atom is -0.308 e. The van der Waals surface area contributed by atoms with E-state index in [-0.39, 0.29) is 0 Å². The number of halogens is 1. The summed E-state index contributed by atoms with van der Waals surface area (Å²) in [5.74, 6) is 0. The Hall–Kier alpha value is -1.37. The Morgan fingerprint density at radius 3 is 2.26 bits per heavy atom. The second kappa shape index (κ2) is 7.47. The van der Waals surface area contributed by atoms with E-state index in [9.17, 15) is 8.42 Å². The molecular weight excluding hydrogens is 376 g/mol. The molecule has 0 aliphatic heterocycles. The standard InChI is InChI=1S/C17H21BrN2O2S/c1-14-9-10-15(18)13-17(14)23(21,22)20(12-11-19(2)3)16-7-5-4-6-8-16/h4-10,13H,11-12H2,1-3H3. The molecule has 0 aliphatic rings. The molecule has 0 aliphatic carbocycles. The summed E-state index contributed by atoms with van der Waals surface area (Å²) < 4.78 is 28.6. The van der Waals surface area contributed by atoms with Gasteiger partial charge in [0.2, 0.25) is 0 Å². The monoisotopic (exact) mass is 396 g/mol. The maximum atomic E-state index is 13.2. The fraction of sp³-hybridized carbons (Fsp3) is 0.294. The van der Waals surface area contributed by atoms with Crippen LogP contribution < -0.4 is 4.31 Å². The van der Waals surface area contributed by atoms with Crippen LogP contribution in [0.25, 0.3) is 0 Å². The minimum absolute atomic E-state index is 0.328. The Morgan fingerprint density at radius 2 is 1.65 bits per heavy atom. The van der Waals surface area contributed by atoms with E-state index >= 15 is 0 Å². The van der Waals surface area contributed by atoms with Gasteiger partial charge in [0.25, 0.3) is 10.0 Å². The highest BCUT2D eigenvalue weighted by molar-refractivity contribution is 9.10. The van der Waals surface area contributed by atoms with E-state index in [1.54, 1.807) is 6.07 Å². The van der Waals surface area contributed by atoms with Gasteiger partial charge in [-0.2, -0.15) is 0 Å². The first-order valence-electron chi connectivity index (χ1n) is 7.31. The first-order valence-corrected chi connectivity index (χ1v) is 9.54. The number of para-hydroxylation sites is 1. The van der Waals surface area contributed by atoms with Gasteiger partial charge in [-0.3, -0.25) is 4.31 Å². The fourth-order valence-electron chi connectivity index (χ4n) is 2.24. The molecule has 0 bridgehead atoms. The number of likely N-dealkylation sites (N-methyl/N-ethyl adjacent to an activating group) is 1. The van der Waals surface area contributed by atoms with Gasteiger partial charge in [-0.15, -0.1) is 0 Å². The summed E-state index contributed by atoms with van der Waals surface area (Å²) in [5, 5.41) is 0. The van der Waals surface area contributed by atoms with E-state index in [2.05, 4.69) is 15.9 Å². The van der Waals surface area contributed by atoms with Crippen LogP contribution in [-0.4, -0.2) is 40.5 Å². The minimum atomic E-state index is -3.63. The Balaban J connectivity index is 2.50. The Kier molecular flexibility index (Phi) is 5.84. The number of aryl methyl sites for hydroxylation is 1. The number of sulfonamides is 1. The molecule has 0 saturated heterocycles. The van der Waals surface area contributed by atoms with Crippen LogP contribution in [0.15, 0.2) is 57.9 Å².